The fourth-order valence-electron chi connectivity index (χ4n) is 1.84. The predicted molar refractivity (Wildman–Crippen MR) is 47.3 cm³/mol. The maximum absolute atomic E-state index is 11.2. The first-order valence-corrected chi connectivity index (χ1v) is 4.95. The molecule has 1 heterocycles. The van der Waals surface area contributed by atoms with Crippen molar-refractivity contribution < 1.29 is 14.3 Å². The molecule has 2 aliphatic rings. The molecule has 3 nitrogen and oxygen atoms in total. The third-order valence-electron chi connectivity index (χ3n) is 3.17. The first-order chi connectivity index (χ1) is 6.13. The third-order valence-corrected chi connectivity index (χ3v) is 3.17. The monoisotopic (exact) mass is 184 g/mol. The molecule has 1 aliphatic carbocycles. The number of carbonyl (C=O) groups excluding carboxylic acids is 1. The first-order valence-electron chi connectivity index (χ1n) is 4.95. The third kappa shape index (κ3) is 1.85. The van der Waals surface area contributed by atoms with E-state index in [-0.39, 0.29) is 18.2 Å². The van der Waals surface area contributed by atoms with Gasteiger partial charge in [0.2, 0.25) is 0 Å². The zero-order valence-electron chi connectivity index (χ0n) is 8.21. The van der Waals surface area contributed by atoms with Crippen molar-refractivity contribution in [3.63, 3.8) is 0 Å². The van der Waals surface area contributed by atoms with Crippen LogP contribution >= 0.6 is 0 Å². The van der Waals surface area contributed by atoms with Crippen LogP contribution in [-0.4, -0.2) is 24.8 Å². The summed E-state index contributed by atoms with van der Waals surface area (Å²) in [4.78, 5) is 11.2. The minimum absolute atomic E-state index is 0.154. The molecule has 3 heteroatoms. The van der Waals surface area contributed by atoms with E-state index in [1.807, 2.05) is 0 Å². The van der Waals surface area contributed by atoms with E-state index >= 15 is 0 Å². The minimum Gasteiger partial charge on any atom is -0.460 e. The molecular formula is C10H16O3. The van der Waals surface area contributed by atoms with Crippen LogP contribution in [0.4, 0.5) is 0 Å². The summed E-state index contributed by atoms with van der Waals surface area (Å²) >= 11 is 0. The van der Waals surface area contributed by atoms with Crippen molar-refractivity contribution in [3.8, 4) is 0 Å². The van der Waals surface area contributed by atoms with Gasteiger partial charge in [0.25, 0.3) is 0 Å². The Balaban J connectivity index is 1.71. The average Bonchev–Trinajstić information content (AvgIpc) is 2.83. The van der Waals surface area contributed by atoms with Crippen molar-refractivity contribution in [2.45, 2.75) is 45.3 Å². The van der Waals surface area contributed by atoms with Gasteiger partial charge in [0, 0.05) is 0 Å². The second-order valence-electron chi connectivity index (χ2n) is 4.45. The van der Waals surface area contributed by atoms with Gasteiger partial charge in [0.05, 0.1) is 6.61 Å². The SMILES string of the molecule is CCC1(C)CC(OC(=O)C2CO2)C1. The molecule has 13 heavy (non-hydrogen) atoms. The highest BCUT2D eigenvalue weighted by atomic mass is 16.6. The number of hydrogen-bond acceptors (Lipinski definition) is 3. The van der Waals surface area contributed by atoms with E-state index in [0.29, 0.717) is 12.0 Å². The molecule has 1 saturated heterocycles. The quantitative estimate of drug-likeness (QED) is 0.493. The molecule has 0 N–H and O–H groups in total. The summed E-state index contributed by atoms with van der Waals surface area (Å²) < 4.78 is 10.1. The lowest BCUT2D eigenvalue weighted by Crippen LogP contribution is -2.41. The molecule has 0 aromatic carbocycles. The Bertz CT molecular complexity index is 214. The molecule has 2 rings (SSSR count). The van der Waals surface area contributed by atoms with E-state index in [0.717, 1.165) is 12.8 Å². The van der Waals surface area contributed by atoms with Gasteiger partial charge in [-0.1, -0.05) is 20.3 Å². The number of rotatable bonds is 3. The van der Waals surface area contributed by atoms with Crippen LogP contribution in [0.1, 0.15) is 33.1 Å². The van der Waals surface area contributed by atoms with Crippen molar-refractivity contribution in [1.29, 1.82) is 0 Å². The van der Waals surface area contributed by atoms with E-state index < -0.39 is 0 Å². The van der Waals surface area contributed by atoms with E-state index in [9.17, 15) is 4.79 Å². The highest BCUT2D eigenvalue weighted by Crippen LogP contribution is 2.45. The van der Waals surface area contributed by atoms with Gasteiger partial charge >= 0.3 is 5.97 Å². The van der Waals surface area contributed by atoms with Crippen molar-refractivity contribution in [3.05, 3.63) is 0 Å². The number of esters is 1. The van der Waals surface area contributed by atoms with Crippen molar-refractivity contribution in [2.75, 3.05) is 6.61 Å². The molecule has 0 aromatic rings. The molecule has 0 spiro atoms. The van der Waals surface area contributed by atoms with Gasteiger partial charge in [-0.05, 0) is 18.3 Å². The van der Waals surface area contributed by atoms with Crippen LogP contribution in [0, 0.1) is 5.41 Å². The zero-order chi connectivity index (χ0) is 9.47. The largest absolute Gasteiger partial charge is 0.460 e. The standard InChI is InChI=1S/C10H16O3/c1-3-10(2)4-7(5-10)13-9(11)8-6-12-8/h7-8H,3-6H2,1-2H3. The molecule has 74 valence electrons. The lowest BCUT2D eigenvalue weighted by molar-refractivity contribution is -0.162. The van der Waals surface area contributed by atoms with E-state index in [2.05, 4.69) is 13.8 Å². The van der Waals surface area contributed by atoms with Gasteiger partial charge in [0.15, 0.2) is 6.10 Å². The number of epoxide rings is 1. The van der Waals surface area contributed by atoms with Gasteiger partial charge in [-0.25, -0.2) is 4.79 Å². The summed E-state index contributed by atoms with van der Waals surface area (Å²) in [6.07, 6.45) is 3.11. The van der Waals surface area contributed by atoms with Crippen LogP contribution in [0.5, 0.6) is 0 Å². The van der Waals surface area contributed by atoms with Crippen LogP contribution in [0.15, 0.2) is 0 Å². The predicted octanol–water partition coefficient (Wildman–Crippen LogP) is 1.51. The average molecular weight is 184 g/mol. The van der Waals surface area contributed by atoms with E-state index in [4.69, 9.17) is 9.47 Å². The topological polar surface area (TPSA) is 38.8 Å². The van der Waals surface area contributed by atoms with E-state index in [1.54, 1.807) is 0 Å². The minimum atomic E-state index is -0.242. The molecule has 1 aliphatic heterocycles. The lowest BCUT2D eigenvalue weighted by Gasteiger charge is -2.43. The number of ether oxygens (including phenoxy) is 2. The van der Waals surface area contributed by atoms with Crippen molar-refractivity contribution in [1.82, 2.24) is 0 Å². The second kappa shape index (κ2) is 2.98. The molecular weight excluding hydrogens is 168 g/mol. The molecule has 2 fully saturated rings. The highest BCUT2D eigenvalue weighted by Gasteiger charge is 2.43. The Labute approximate surface area is 78.4 Å². The Morgan fingerprint density at radius 3 is 2.69 bits per heavy atom. The van der Waals surface area contributed by atoms with Gasteiger partial charge in [0.1, 0.15) is 6.10 Å². The second-order valence-corrected chi connectivity index (χ2v) is 4.45. The first kappa shape index (κ1) is 9.00. The molecule has 0 bridgehead atoms. The zero-order valence-corrected chi connectivity index (χ0v) is 8.21. The lowest BCUT2D eigenvalue weighted by atomic mass is 9.66. The Hall–Kier alpha value is -0.570. The summed E-state index contributed by atoms with van der Waals surface area (Å²) in [5.41, 5.74) is 0.412. The molecule has 1 unspecified atom stereocenters. The van der Waals surface area contributed by atoms with Gasteiger partial charge in [-0.3, -0.25) is 0 Å². The normalized spacial score (nSPS) is 42.3. The fourth-order valence-corrected chi connectivity index (χ4v) is 1.84. The van der Waals surface area contributed by atoms with E-state index in [1.165, 1.54) is 6.42 Å². The number of hydrogen-bond donors (Lipinski definition) is 0. The van der Waals surface area contributed by atoms with Crippen LogP contribution in [0.2, 0.25) is 0 Å². The van der Waals surface area contributed by atoms with Crippen molar-refractivity contribution in [2.24, 2.45) is 5.41 Å². The molecule has 1 atom stereocenters. The van der Waals surface area contributed by atoms with Gasteiger partial charge < -0.3 is 9.47 Å². The van der Waals surface area contributed by atoms with Crippen LogP contribution in [-0.2, 0) is 14.3 Å². The summed E-state index contributed by atoms with van der Waals surface area (Å²) in [6, 6.07) is 0. The summed E-state index contributed by atoms with van der Waals surface area (Å²) in [5.74, 6) is -0.164. The van der Waals surface area contributed by atoms with Gasteiger partial charge in [-0.15, -0.1) is 0 Å². The highest BCUT2D eigenvalue weighted by molar-refractivity contribution is 5.77. The molecule has 0 aromatic heterocycles. The van der Waals surface area contributed by atoms with Crippen molar-refractivity contribution >= 4 is 5.97 Å². The maximum atomic E-state index is 11.2. The Morgan fingerprint density at radius 1 is 1.62 bits per heavy atom. The summed E-state index contributed by atoms with van der Waals surface area (Å²) in [7, 11) is 0. The maximum Gasteiger partial charge on any atom is 0.337 e. The Kier molecular flexibility index (Phi) is 2.06. The summed E-state index contributed by atoms with van der Waals surface area (Å²) in [6.45, 7) is 4.98. The molecule has 0 amide bonds. The summed E-state index contributed by atoms with van der Waals surface area (Å²) in [5, 5.41) is 0. The van der Waals surface area contributed by atoms with Crippen LogP contribution in [0.3, 0.4) is 0 Å². The van der Waals surface area contributed by atoms with Crippen LogP contribution < -0.4 is 0 Å². The number of carbonyl (C=O) groups is 1. The fraction of sp³-hybridized carbons (Fsp3) is 0.900. The molecule has 1 saturated carbocycles. The Morgan fingerprint density at radius 2 is 2.23 bits per heavy atom. The van der Waals surface area contributed by atoms with Gasteiger partial charge in [-0.2, -0.15) is 0 Å². The van der Waals surface area contributed by atoms with Crippen LogP contribution in [0.25, 0.3) is 0 Å². The smallest absolute Gasteiger partial charge is 0.337 e. The molecule has 0 radical (unpaired) electrons.